The number of rotatable bonds is 3. The Morgan fingerprint density at radius 3 is 2.84 bits per heavy atom. The van der Waals surface area contributed by atoms with Crippen molar-refractivity contribution in [1.82, 2.24) is 0 Å². The lowest BCUT2D eigenvalue weighted by molar-refractivity contribution is -0.137. The lowest BCUT2D eigenvalue weighted by atomic mass is 9.70. The molecule has 3 heteroatoms. The van der Waals surface area contributed by atoms with Crippen LogP contribution in [0.2, 0.25) is 0 Å². The van der Waals surface area contributed by atoms with Crippen LogP contribution in [0.3, 0.4) is 0 Å². The molecule has 1 unspecified atom stereocenters. The van der Waals surface area contributed by atoms with Crippen LogP contribution in [-0.2, 0) is 4.74 Å². The first kappa shape index (κ1) is 12.7. The number of hydrogen-bond acceptors (Lipinski definition) is 3. The van der Waals surface area contributed by atoms with E-state index < -0.39 is 0 Å². The summed E-state index contributed by atoms with van der Waals surface area (Å²) in [5.41, 5.74) is 0.729. The summed E-state index contributed by atoms with van der Waals surface area (Å²) in [7, 11) is 1.61. The molecule has 1 atom stereocenters. The molecular weight excluding hydrogens is 240 g/mol. The Bertz CT molecular complexity index is 477. The fraction of sp³-hybridized carbons (Fsp3) is 0.562. The Morgan fingerprint density at radius 2 is 2.16 bits per heavy atom. The molecule has 19 heavy (non-hydrogen) atoms. The molecule has 1 aliphatic heterocycles. The average Bonchev–Trinajstić information content (AvgIpc) is 2.45. The summed E-state index contributed by atoms with van der Waals surface area (Å²) in [5.74, 6) is 0.985. The van der Waals surface area contributed by atoms with E-state index in [0.29, 0.717) is 17.9 Å². The highest BCUT2D eigenvalue weighted by molar-refractivity contribution is 6.00. The Labute approximate surface area is 113 Å². The first-order valence-corrected chi connectivity index (χ1v) is 7.05. The van der Waals surface area contributed by atoms with Crippen molar-refractivity contribution in [1.29, 1.82) is 0 Å². The second-order valence-electron chi connectivity index (χ2n) is 5.64. The van der Waals surface area contributed by atoms with Crippen LogP contribution in [0.5, 0.6) is 5.75 Å². The van der Waals surface area contributed by atoms with E-state index >= 15 is 0 Å². The molecule has 1 aliphatic carbocycles. The fourth-order valence-corrected chi connectivity index (χ4v) is 3.24. The lowest BCUT2D eigenvalue weighted by Crippen LogP contribution is -2.47. The number of benzene rings is 1. The van der Waals surface area contributed by atoms with Gasteiger partial charge in [-0.15, -0.1) is 0 Å². The van der Waals surface area contributed by atoms with E-state index in [9.17, 15) is 4.79 Å². The summed E-state index contributed by atoms with van der Waals surface area (Å²) in [4.78, 5) is 12.7. The summed E-state index contributed by atoms with van der Waals surface area (Å²) in [6.45, 7) is 0.714. The van der Waals surface area contributed by atoms with E-state index in [0.717, 1.165) is 25.7 Å². The van der Waals surface area contributed by atoms with Crippen LogP contribution in [0.1, 0.15) is 42.5 Å². The predicted octanol–water partition coefficient (Wildman–Crippen LogP) is 3.23. The summed E-state index contributed by atoms with van der Waals surface area (Å²) in [6, 6.07) is 7.51. The molecule has 0 radical (unpaired) electrons. The van der Waals surface area contributed by atoms with E-state index in [-0.39, 0.29) is 17.3 Å². The van der Waals surface area contributed by atoms with Crippen molar-refractivity contribution < 1.29 is 14.3 Å². The van der Waals surface area contributed by atoms with Crippen LogP contribution in [0.15, 0.2) is 24.3 Å². The minimum Gasteiger partial charge on any atom is -0.496 e. The van der Waals surface area contributed by atoms with Gasteiger partial charge in [-0.1, -0.05) is 12.1 Å². The minimum atomic E-state index is 0.0145. The molecule has 1 saturated carbocycles. The van der Waals surface area contributed by atoms with Gasteiger partial charge < -0.3 is 9.47 Å². The first-order chi connectivity index (χ1) is 9.24. The van der Waals surface area contributed by atoms with E-state index in [2.05, 4.69) is 0 Å². The molecule has 102 valence electrons. The summed E-state index contributed by atoms with van der Waals surface area (Å²) >= 11 is 0. The number of ketones is 1. The monoisotopic (exact) mass is 260 g/mol. The number of methoxy groups -OCH3 is 1. The second kappa shape index (κ2) is 4.97. The molecule has 2 aliphatic rings. The third-order valence-electron chi connectivity index (χ3n) is 4.50. The molecular formula is C16H20O3. The highest BCUT2D eigenvalue weighted by atomic mass is 16.5. The maximum atomic E-state index is 12.7. The van der Waals surface area contributed by atoms with Gasteiger partial charge in [-0.05, 0) is 44.2 Å². The molecule has 1 saturated heterocycles. The molecule has 2 fully saturated rings. The van der Waals surface area contributed by atoms with Crippen LogP contribution in [-0.4, -0.2) is 25.1 Å². The standard InChI is InChI=1S/C16H20O3/c1-18-14-6-3-2-5-13(14)15(17)12-7-10-19-16(11-12)8-4-9-16/h2-3,5-6,12H,4,7-11H2,1H3. The molecule has 0 amide bonds. The summed E-state index contributed by atoms with van der Waals surface area (Å²) in [6.07, 6.45) is 5.17. The smallest absolute Gasteiger partial charge is 0.169 e. The molecule has 0 aromatic heterocycles. The number of carbonyl (C=O) groups is 1. The largest absolute Gasteiger partial charge is 0.496 e. The number of para-hydroxylation sites is 1. The topological polar surface area (TPSA) is 35.5 Å². The van der Waals surface area contributed by atoms with Gasteiger partial charge in [0.25, 0.3) is 0 Å². The van der Waals surface area contributed by atoms with Gasteiger partial charge in [0.2, 0.25) is 0 Å². The molecule has 0 N–H and O–H groups in total. The quantitative estimate of drug-likeness (QED) is 0.783. The normalized spacial score (nSPS) is 24.8. The average molecular weight is 260 g/mol. The van der Waals surface area contributed by atoms with Crippen molar-refractivity contribution in [2.24, 2.45) is 5.92 Å². The van der Waals surface area contributed by atoms with Gasteiger partial charge in [0.05, 0.1) is 18.3 Å². The second-order valence-corrected chi connectivity index (χ2v) is 5.64. The van der Waals surface area contributed by atoms with E-state index in [1.807, 2.05) is 24.3 Å². The van der Waals surface area contributed by atoms with Crippen molar-refractivity contribution in [2.75, 3.05) is 13.7 Å². The molecule has 1 spiro atoms. The third kappa shape index (κ3) is 2.27. The Kier molecular flexibility index (Phi) is 3.31. The molecule has 1 aromatic rings. The number of Topliss-reactive ketones (excluding diaryl/α,β-unsaturated/α-hetero) is 1. The third-order valence-corrected chi connectivity index (χ3v) is 4.50. The summed E-state index contributed by atoms with van der Waals surface area (Å²) in [5, 5.41) is 0. The number of hydrogen-bond donors (Lipinski definition) is 0. The molecule has 1 aromatic carbocycles. The van der Waals surface area contributed by atoms with Gasteiger partial charge in [-0.3, -0.25) is 4.79 Å². The van der Waals surface area contributed by atoms with Crippen LogP contribution in [0, 0.1) is 5.92 Å². The van der Waals surface area contributed by atoms with Crippen LogP contribution in [0.4, 0.5) is 0 Å². The van der Waals surface area contributed by atoms with Gasteiger partial charge in [0.15, 0.2) is 5.78 Å². The zero-order chi connectivity index (χ0) is 13.3. The van der Waals surface area contributed by atoms with Crippen molar-refractivity contribution in [3.05, 3.63) is 29.8 Å². The Morgan fingerprint density at radius 1 is 1.37 bits per heavy atom. The first-order valence-electron chi connectivity index (χ1n) is 7.05. The van der Waals surface area contributed by atoms with Crippen molar-refractivity contribution in [3.8, 4) is 5.75 Å². The van der Waals surface area contributed by atoms with Gasteiger partial charge in [-0.25, -0.2) is 0 Å². The highest BCUT2D eigenvalue weighted by Crippen LogP contribution is 2.45. The van der Waals surface area contributed by atoms with Crippen molar-refractivity contribution >= 4 is 5.78 Å². The van der Waals surface area contributed by atoms with Gasteiger partial charge in [0, 0.05) is 12.5 Å². The molecule has 3 rings (SSSR count). The van der Waals surface area contributed by atoms with E-state index in [4.69, 9.17) is 9.47 Å². The van der Waals surface area contributed by atoms with E-state index in [1.165, 1.54) is 6.42 Å². The van der Waals surface area contributed by atoms with Crippen molar-refractivity contribution in [2.45, 2.75) is 37.7 Å². The highest BCUT2D eigenvalue weighted by Gasteiger charge is 2.44. The Hall–Kier alpha value is -1.35. The lowest BCUT2D eigenvalue weighted by Gasteiger charge is -2.46. The number of carbonyl (C=O) groups excluding carboxylic acids is 1. The van der Waals surface area contributed by atoms with Crippen LogP contribution < -0.4 is 4.74 Å². The molecule has 1 heterocycles. The SMILES string of the molecule is COc1ccccc1C(=O)C1CCOC2(CCC2)C1. The van der Waals surface area contributed by atoms with Gasteiger partial charge in [0.1, 0.15) is 5.75 Å². The maximum absolute atomic E-state index is 12.7. The molecule has 3 nitrogen and oxygen atoms in total. The zero-order valence-corrected chi connectivity index (χ0v) is 11.4. The molecule has 0 bridgehead atoms. The van der Waals surface area contributed by atoms with Crippen LogP contribution in [0.25, 0.3) is 0 Å². The van der Waals surface area contributed by atoms with E-state index in [1.54, 1.807) is 7.11 Å². The van der Waals surface area contributed by atoms with Crippen molar-refractivity contribution in [3.63, 3.8) is 0 Å². The number of ether oxygens (including phenoxy) is 2. The fourth-order valence-electron chi connectivity index (χ4n) is 3.24. The predicted molar refractivity (Wildman–Crippen MR) is 72.6 cm³/mol. The zero-order valence-electron chi connectivity index (χ0n) is 11.4. The maximum Gasteiger partial charge on any atom is 0.169 e. The van der Waals surface area contributed by atoms with Gasteiger partial charge >= 0.3 is 0 Å². The summed E-state index contributed by atoms with van der Waals surface area (Å²) < 4.78 is 11.2. The van der Waals surface area contributed by atoms with Crippen LogP contribution >= 0.6 is 0 Å². The Balaban J connectivity index is 1.79. The van der Waals surface area contributed by atoms with Gasteiger partial charge in [-0.2, -0.15) is 0 Å². The minimum absolute atomic E-state index is 0.0145.